The Morgan fingerprint density at radius 2 is 1.61 bits per heavy atom. The fourth-order valence-corrected chi connectivity index (χ4v) is 3.71. The van der Waals surface area contributed by atoms with E-state index in [0.717, 1.165) is 18.8 Å². The topological polar surface area (TPSA) is 82.9 Å². The molecule has 8 heteroatoms. The highest BCUT2D eigenvalue weighted by Gasteiger charge is 2.32. The molecule has 0 radical (unpaired) electrons. The number of carbonyl (C=O) groups excluding carboxylic acids is 2. The summed E-state index contributed by atoms with van der Waals surface area (Å²) in [6.45, 7) is 8.14. The number of ether oxygens (including phenoxy) is 3. The first-order chi connectivity index (χ1) is 16.0. The summed E-state index contributed by atoms with van der Waals surface area (Å²) in [4.78, 5) is 27.9. The molecule has 0 atom stereocenters. The predicted molar refractivity (Wildman–Crippen MR) is 126 cm³/mol. The maximum atomic E-state index is 12.9. The fraction of sp³-hybridized carbons (Fsp3) is 0.320. The van der Waals surface area contributed by atoms with E-state index < -0.39 is 11.9 Å². The Morgan fingerprint density at radius 3 is 2.18 bits per heavy atom. The zero-order valence-corrected chi connectivity index (χ0v) is 19.6. The van der Waals surface area contributed by atoms with Gasteiger partial charge in [0.15, 0.2) is 5.69 Å². The van der Waals surface area contributed by atoms with Gasteiger partial charge < -0.3 is 19.1 Å². The Hall–Kier alpha value is -3.81. The van der Waals surface area contributed by atoms with Gasteiger partial charge in [0.2, 0.25) is 0 Å². The SMILES string of the molecule is CCOc1cc(N(CC)CC)ccc1-c1nn(-c2ccccc2)c(C(=O)OC)c1C(=O)OC. The number of para-hydroxylation sites is 1. The second-order valence-electron chi connectivity index (χ2n) is 7.09. The molecule has 0 saturated heterocycles. The molecule has 174 valence electrons. The van der Waals surface area contributed by atoms with E-state index in [2.05, 4.69) is 23.8 Å². The number of rotatable bonds is 9. The van der Waals surface area contributed by atoms with Crippen LogP contribution in [0.5, 0.6) is 5.75 Å². The third kappa shape index (κ3) is 4.69. The van der Waals surface area contributed by atoms with Crippen molar-refractivity contribution in [2.24, 2.45) is 0 Å². The van der Waals surface area contributed by atoms with Crippen LogP contribution in [0.3, 0.4) is 0 Å². The van der Waals surface area contributed by atoms with E-state index in [-0.39, 0.29) is 17.0 Å². The van der Waals surface area contributed by atoms with Crippen molar-refractivity contribution in [2.45, 2.75) is 20.8 Å². The van der Waals surface area contributed by atoms with E-state index in [1.54, 1.807) is 12.1 Å². The zero-order chi connectivity index (χ0) is 24.0. The van der Waals surface area contributed by atoms with Crippen LogP contribution in [0.1, 0.15) is 41.6 Å². The van der Waals surface area contributed by atoms with E-state index in [0.29, 0.717) is 23.6 Å². The van der Waals surface area contributed by atoms with Crippen molar-refractivity contribution < 1.29 is 23.8 Å². The van der Waals surface area contributed by atoms with Crippen molar-refractivity contribution in [3.05, 3.63) is 59.8 Å². The van der Waals surface area contributed by atoms with Crippen LogP contribution in [0.25, 0.3) is 16.9 Å². The number of nitrogens with zero attached hydrogens (tertiary/aromatic N) is 3. The van der Waals surface area contributed by atoms with Crippen LogP contribution >= 0.6 is 0 Å². The van der Waals surface area contributed by atoms with Gasteiger partial charge in [0.05, 0.1) is 26.5 Å². The lowest BCUT2D eigenvalue weighted by Crippen LogP contribution is -2.21. The molecular weight excluding hydrogens is 422 g/mol. The second-order valence-corrected chi connectivity index (χ2v) is 7.09. The molecule has 0 fully saturated rings. The predicted octanol–water partition coefficient (Wildman–Crippen LogP) is 4.36. The lowest BCUT2D eigenvalue weighted by Gasteiger charge is -2.22. The summed E-state index contributed by atoms with van der Waals surface area (Å²) in [6.07, 6.45) is 0. The highest BCUT2D eigenvalue weighted by Crippen LogP contribution is 2.37. The number of hydrogen-bond donors (Lipinski definition) is 0. The number of aromatic nitrogens is 2. The molecule has 1 heterocycles. The minimum atomic E-state index is -0.698. The summed E-state index contributed by atoms with van der Waals surface area (Å²) >= 11 is 0. The van der Waals surface area contributed by atoms with Gasteiger partial charge in [-0.2, -0.15) is 5.10 Å². The van der Waals surface area contributed by atoms with Crippen molar-refractivity contribution in [2.75, 3.05) is 38.8 Å². The van der Waals surface area contributed by atoms with Crippen LogP contribution in [-0.4, -0.2) is 55.6 Å². The maximum Gasteiger partial charge on any atom is 0.357 e. The van der Waals surface area contributed by atoms with Gasteiger partial charge in [-0.15, -0.1) is 0 Å². The molecule has 0 unspecified atom stereocenters. The first-order valence-corrected chi connectivity index (χ1v) is 10.9. The lowest BCUT2D eigenvalue weighted by molar-refractivity contribution is 0.0549. The molecular formula is C25H29N3O5. The highest BCUT2D eigenvalue weighted by molar-refractivity contribution is 6.07. The largest absolute Gasteiger partial charge is 0.493 e. The minimum Gasteiger partial charge on any atom is -0.493 e. The molecule has 0 amide bonds. The number of methoxy groups -OCH3 is 2. The number of carbonyl (C=O) groups is 2. The van der Waals surface area contributed by atoms with E-state index in [4.69, 9.17) is 14.2 Å². The van der Waals surface area contributed by atoms with Gasteiger partial charge in [-0.1, -0.05) is 18.2 Å². The first-order valence-electron chi connectivity index (χ1n) is 10.9. The molecule has 1 aromatic heterocycles. The molecule has 3 rings (SSSR count). The van der Waals surface area contributed by atoms with Gasteiger partial charge >= 0.3 is 11.9 Å². The minimum absolute atomic E-state index is 0.0131. The Labute approximate surface area is 193 Å². The van der Waals surface area contributed by atoms with Gasteiger partial charge in [0.1, 0.15) is 17.0 Å². The van der Waals surface area contributed by atoms with E-state index >= 15 is 0 Å². The van der Waals surface area contributed by atoms with E-state index in [9.17, 15) is 9.59 Å². The average molecular weight is 452 g/mol. The summed E-state index contributed by atoms with van der Waals surface area (Å²) in [6, 6.07) is 14.8. The normalized spacial score (nSPS) is 10.6. The third-order valence-corrected chi connectivity index (χ3v) is 5.30. The molecule has 0 N–H and O–H groups in total. The summed E-state index contributed by atoms with van der Waals surface area (Å²) in [7, 11) is 2.52. The number of anilines is 1. The number of esters is 2. The van der Waals surface area contributed by atoms with Crippen LogP contribution in [0.4, 0.5) is 5.69 Å². The van der Waals surface area contributed by atoms with Crippen molar-refractivity contribution in [3.8, 4) is 22.7 Å². The van der Waals surface area contributed by atoms with Crippen molar-refractivity contribution in [1.82, 2.24) is 9.78 Å². The van der Waals surface area contributed by atoms with Crippen LogP contribution < -0.4 is 9.64 Å². The van der Waals surface area contributed by atoms with Crippen molar-refractivity contribution in [1.29, 1.82) is 0 Å². The molecule has 2 aromatic carbocycles. The Bertz CT molecular complexity index is 1120. The molecule has 33 heavy (non-hydrogen) atoms. The van der Waals surface area contributed by atoms with Gasteiger partial charge in [0.25, 0.3) is 0 Å². The summed E-state index contributed by atoms with van der Waals surface area (Å²) in [5.41, 5.74) is 2.45. The molecule has 0 aliphatic heterocycles. The van der Waals surface area contributed by atoms with Crippen LogP contribution in [-0.2, 0) is 9.47 Å². The summed E-state index contributed by atoms with van der Waals surface area (Å²) < 4.78 is 17.4. The van der Waals surface area contributed by atoms with E-state index in [1.807, 2.05) is 43.3 Å². The van der Waals surface area contributed by atoms with Crippen molar-refractivity contribution in [3.63, 3.8) is 0 Å². The Kier molecular flexibility index (Phi) is 7.71. The van der Waals surface area contributed by atoms with Gasteiger partial charge in [0, 0.05) is 30.4 Å². The fourth-order valence-electron chi connectivity index (χ4n) is 3.71. The smallest absolute Gasteiger partial charge is 0.357 e. The molecule has 0 aliphatic rings. The van der Waals surface area contributed by atoms with Gasteiger partial charge in [-0.25, -0.2) is 14.3 Å². The quantitative estimate of drug-likeness (QED) is 0.447. The molecule has 8 nitrogen and oxygen atoms in total. The number of benzene rings is 2. The van der Waals surface area contributed by atoms with Crippen molar-refractivity contribution >= 4 is 17.6 Å². The first kappa shape index (κ1) is 23.8. The van der Waals surface area contributed by atoms with Crippen LogP contribution in [0.15, 0.2) is 48.5 Å². The molecule has 0 aliphatic carbocycles. The maximum absolute atomic E-state index is 12.9. The Balaban J connectivity index is 2.33. The summed E-state index contributed by atoms with van der Waals surface area (Å²) in [5.74, 6) is -0.834. The molecule has 0 saturated carbocycles. The lowest BCUT2D eigenvalue weighted by atomic mass is 10.0. The Morgan fingerprint density at radius 1 is 0.939 bits per heavy atom. The highest BCUT2D eigenvalue weighted by atomic mass is 16.5. The van der Waals surface area contributed by atoms with Gasteiger partial charge in [-0.05, 0) is 45.0 Å². The number of hydrogen-bond acceptors (Lipinski definition) is 7. The standard InChI is InChI=1S/C25H29N3O5/c1-6-27(7-2)18-14-15-19(20(16-18)33-8-3)22-21(24(29)31-4)23(25(30)32-5)28(26-22)17-12-10-9-11-13-17/h9-16H,6-8H2,1-5H3. The molecule has 3 aromatic rings. The van der Waals surface area contributed by atoms with Gasteiger partial charge in [-0.3, -0.25) is 0 Å². The van der Waals surface area contributed by atoms with Crippen LogP contribution in [0.2, 0.25) is 0 Å². The van der Waals surface area contributed by atoms with Crippen LogP contribution in [0, 0.1) is 0 Å². The zero-order valence-electron chi connectivity index (χ0n) is 19.6. The molecule has 0 bridgehead atoms. The third-order valence-electron chi connectivity index (χ3n) is 5.30. The monoisotopic (exact) mass is 451 g/mol. The second kappa shape index (κ2) is 10.7. The molecule has 0 spiro atoms. The average Bonchev–Trinajstić information content (AvgIpc) is 3.25. The summed E-state index contributed by atoms with van der Waals surface area (Å²) in [5, 5.41) is 4.67. The van der Waals surface area contributed by atoms with E-state index in [1.165, 1.54) is 18.9 Å².